The maximum atomic E-state index is 14.0. The van der Waals surface area contributed by atoms with Crippen LogP contribution in [-0.2, 0) is 4.79 Å². The van der Waals surface area contributed by atoms with Gasteiger partial charge >= 0.3 is 0 Å². The number of nitrogens with two attached hydrogens (primary N) is 2. The number of benzene rings is 2. The van der Waals surface area contributed by atoms with Gasteiger partial charge in [-0.1, -0.05) is 55.8 Å². The number of amides is 3. The van der Waals surface area contributed by atoms with E-state index in [4.69, 9.17) is 23.1 Å². The lowest BCUT2D eigenvalue weighted by molar-refractivity contribution is -0.122. The first kappa shape index (κ1) is 26.2. The maximum Gasteiger partial charge on any atom is 0.273 e. The van der Waals surface area contributed by atoms with Gasteiger partial charge in [-0.25, -0.2) is 0 Å². The van der Waals surface area contributed by atoms with Crippen LogP contribution in [0, 0.1) is 12.8 Å². The highest BCUT2D eigenvalue weighted by Gasteiger charge is 2.36. The Bertz CT molecular complexity index is 1230. The molecule has 3 aromatic rings. The van der Waals surface area contributed by atoms with E-state index >= 15 is 0 Å². The van der Waals surface area contributed by atoms with Crippen molar-refractivity contribution in [2.24, 2.45) is 11.7 Å². The van der Waals surface area contributed by atoms with Gasteiger partial charge in [0, 0.05) is 17.3 Å². The Morgan fingerprint density at radius 2 is 1.77 bits per heavy atom. The largest absolute Gasteiger partial charge is 0.395 e. The highest BCUT2D eigenvalue weighted by atomic mass is 35.5. The van der Waals surface area contributed by atoms with Crippen LogP contribution in [-0.4, -0.2) is 28.6 Å². The molecule has 1 atom stereocenters. The minimum Gasteiger partial charge on any atom is -0.395 e. The fraction of sp³-hybridized carbons (Fsp3) is 0.280. The van der Waals surface area contributed by atoms with E-state index in [0.717, 1.165) is 23.5 Å². The number of primary amides is 1. The van der Waals surface area contributed by atoms with E-state index in [1.165, 1.54) is 4.90 Å². The zero-order valence-corrected chi connectivity index (χ0v) is 21.3. The number of hydrogen-bond donors (Lipinski definition) is 3. The van der Waals surface area contributed by atoms with Crippen LogP contribution >= 0.6 is 23.1 Å². The predicted octanol–water partition coefficient (Wildman–Crippen LogP) is 4.34. The zero-order chi connectivity index (χ0) is 25.7. The molecule has 0 radical (unpaired) electrons. The van der Waals surface area contributed by atoms with Gasteiger partial charge in [0.15, 0.2) is 5.69 Å². The second-order valence-corrected chi connectivity index (χ2v) is 9.74. The van der Waals surface area contributed by atoms with Crippen molar-refractivity contribution in [1.29, 1.82) is 0 Å². The van der Waals surface area contributed by atoms with E-state index in [2.05, 4.69) is 23.5 Å². The highest BCUT2D eigenvalue weighted by Crippen LogP contribution is 2.35. The zero-order valence-electron chi connectivity index (χ0n) is 19.7. The molecule has 184 valence electrons. The second kappa shape index (κ2) is 11.3. The number of nitrogens with zero attached hydrogens (tertiary/aromatic N) is 2. The summed E-state index contributed by atoms with van der Waals surface area (Å²) >= 11 is 6.87. The lowest BCUT2D eigenvalue weighted by atomic mass is 10.0. The van der Waals surface area contributed by atoms with Gasteiger partial charge in [-0.3, -0.25) is 19.3 Å². The van der Waals surface area contributed by atoms with E-state index in [0.29, 0.717) is 28.7 Å². The third-order valence-electron chi connectivity index (χ3n) is 5.46. The normalized spacial score (nSPS) is 11.8. The van der Waals surface area contributed by atoms with Crippen molar-refractivity contribution in [3.8, 4) is 0 Å². The van der Waals surface area contributed by atoms with Crippen molar-refractivity contribution in [2.45, 2.75) is 33.2 Å². The number of rotatable bonds is 9. The fourth-order valence-corrected chi connectivity index (χ4v) is 4.45. The molecule has 10 heteroatoms. The summed E-state index contributed by atoms with van der Waals surface area (Å²) in [5, 5.41) is 3.46. The molecule has 0 aliphatic carbocycles. The van der Waals surface area contributed by atoms with Crippen LogP contribution in [0.25, 0.3) is 0 Å². The number of nitrogen functional groups attached to an aromatic ring is 1. The Labute approximate surface area is 213 Å². The molecule has 3 rings (SSSR count). The van der Waals surface area contributed by atoms with Crippen LogP contribution < -0.4 is 21.7 Å². The first-order valence-corrected chi connectivity index (χ1v) is 12.2. The number of para-hydroxylation sites is 1. The molecule has 8 nitrogen and oxygen atoms in total. The van der Waals surface area contributed by atoms with Gasteiger partial charge in [0.1, 0.15) is 10.9 Å². The van der Waals surface area contributed by atoms with Gasteiger partial charge in [-0.15, -0.1) is 0 Å². The third kappa shape index (κ3) is 5.98. The number of halogens is 1. The molecule has 0 saturated carbocycles. The molecule has 0 bridgehead atoms. The summed E-state index contributed by atoms with van der Waals surface area (Å²) in [4.78, 5) is 40.7. The predicted molar refractivity (Wildman–Crippen MR) is 140 cm³/mol. The lowest BCUT2D eigenvalue weighted by Crippen LogP contribution is -2.44. The second-order valence-electron chi connectivity index (χ2n) is 8.53. The molecule has 0 spiro atoms. The SMILES string of the molecule is Cc1ccccc1N(C(=O)c1snc(C(N)=O)c1N)[C@@H](C(=O)NCCC(C)C)c1ccc(Cl)cc1. The molecule has 0 fully saturated rings. The van der Waals surface area contributed by atoms with Gasteiger partial charge in [-0.2, -0.15) is 4.37 Å². The fourth-order valence-electron chi connectivity index (χ4n) is 3.58. The summed E-state index contributed by atoms with van der Waals surface area (Å²) in [6.45, 7) is 6.42. The van der Waals surface area contributed by atoms with Crippen LogP contribution in [0.3, 0.4) is 0 Å². The summed E-state index contributed by atoms with van der Waals surface area (Å²) < 4.78 is 3.97. The number of carbonyl (C=O) groups is 3. The summed E-state index contributed by atoms with van der Waals surface area (Å²) in [6.07, 6.45) is 0.779. The first-order valence-electron chi connectivity index (χ1n) is 11.1. The van der Waals surface area contributed by atoms with E-state index in [1.807, 2.05) is 19.1 Å². The van der Waals surface area contributed by atoms with Crippen molar-refractivity contribution >= 4 is 52.2 Å². The van der Waals surface area contributed by atoms with Crippen LogP contribution in [0.1, 0.15) is 57.6 Å². The first-order chi connectivity index (χ1) is 16.6. The number of hydrogen-bond acceptors (Lipinski definition) is 6. The number of anilines is 2. The molecule has 0 unspecified atom stereocenters. The molecule has 35 heavy (non-hydrogen) atoms. The van der Waals surface area contributed by atoms with E-state index in [1.54, 1.807) is 36.4 Å². The van der Waals surface area contributed by atoms with Crippen LogP contribution in [0.15, 0.2) is 48.5 Å². The van der Waals surface area contributed by atoms with E-state index in [9.17, 15) is 14.4 Å². The van der Waals surface area contributed by atoms with Gasteiger partial charge in [0.2, 0.25) is 5.91 Å². The summed E-state index contributed by atoms with van der Waals surface area (Å²) in [5.41, 5.74) is 13.0. The number of nitrogens with one attached hydrogen (secondary N) is 1. The molecular formula is C25H28ClN5O3S. The van der Waals surface area contributed by atoms with Crippen molar-refractivity contribution < 1.29 is 14.4 Å². The van der Waals surface area contributed by atoms with Crippen molar-refractivity contribution in [3.05, 3.63) is 75.3 Å². The van der Waals surface area contributed by atoms with E-state index < -0.39 is 17.9 Å². The maximum absolute atomic E-state index is 14.0. The number of carbonyl (C=O) groups excluding carboxylic acids is 3. The standard InChI is InChI=1S/C25H28ClN5O3S/c1-14(2)12-13-29-24(33)21(16-8-10-17(26)11-9-16)31(18-7-5-4-6-15(18)3)25(34)22-19(27)20(23(28)32)30-35-22/h4-11,14,21H,12-13,27H2,1-3H3,(H2,28,32)(H,29,33)/t21-/m1/s1. The number of aryl methyl sites for hydroxylation is 1. The molecule has 0 aliphatic heterocycles. The number of aromatic nitrogens is 1. The molecule has 1 aromatic heterocycles. The molecule has 1 heterocycles. The van der Waals surface area contributed by atoms with Crippen molar-refractivity contribution in [3.63, 3.8) is 0 Å². The molecule has 5 N–H and O–H groups in total. The van der Waals surface area contributed by atoms with E-state index in [-0.39, 0.29) is 22.2 Å². The molecule has 0 saturated heterocycles. The van der Waals surface area contributed by atoms with Gasteiger partial charge in [0.05, 0.1) is 5.69 Å². The van der Waals surface area contributed by atoms with Crippen molar-refractivity contribution in [2.75, 3.05) is 17.2 Å². The Kier molecular flexibility index (Phi) is 8.48. The quantitative estimate of drug-likeness (QED) is 0.391. The summed E-state index contributed by atoms with van der Waals surface area (Å²) in [6, 6.07) is 12.9. The Morgan fingerprint density at radius 1 is 1.11 bits per heavy atom. The topological polar surface area (TPSA) is 131 Å². The third-order valence-corrected chi connectivity index (χ3v) is 6.57. The minimum absolute atomic E-state index is 0.0241. The summed E-state index contributed by atoms with van der Waals surface area (Å²) in [5.74, 6) is -1.37. The Balaban J connectivity index is 2.17. The Hall–Kier alpha value is -3.43. The van der Waals surface area contributed by atoms with Gasteiger partial charge < -0.3 is 16.8 Å². The molecule has 3 amide bonds. The highest BCUT2D eigenvalue weighted by molar-refractivity contribution is 7.09. The van der Waals surface area contributed by atoms with Crippen LogP contribution in [0.5, 0.6) is 0 Å². The molecular weight excluding hydrogens is 486 g/mol. The van der Waals surface area contributed by atoms with Crippen molar-refractivity contribution in [1.82, 2.24) is 9.69 Å². The summed E-state index contributed by atoms with van der Waals surface area (Å²) in [7, 11) is 0. The minimum atomic E-state index is -1.04. The van der Waals surface area contributed by atoms with Gasteiger partial charge in [0.25, 0.3) is 11.8 Å². The van der Waals surface area contributed by atoms with Crippen LogP contribution in [0.4, 0.5) is 11.4 Å². The smallest absolute Gasteiger partial charge is 0.273 e. The lowest BCUT2D eigenvalue weighted by Gasteiger charge is -2.32. The average molecular weight is 514 g/mol. The van der Waals surface area contributed by atoms with Crippen LogP contribution in [0.2, 0.25) is 5.02 Å². The molecule has 2 aromatic carbocycles. The average Bonchev–Trinajstić information content (AvgIpc) is 3.20. The van der Waals surface area contributed by atoms with Gasteiger partial charge in [-0.05, 0) is 60.1 Å². The monoisotopic (exact) mass is 513 g/mol. The molecule has 0 aliphatic rings. The Morgan fingerprint density at radius 3 is 2.34 bits per heavy atom.